The smallest absolute Gasteiger partial charge is 0.251 e. The Bertz CT molecular complexity index is 918. The lowest BCUT2D eigenvalue weighted by Crippen LogP contribution is -2.38. The third-order valence-electron chi connectivity index (χ3n) is 4.67. The zero-order valence-corrected chi connectivity index (χ0v) is 16.0. The molecule has 0 bridgehead atoms. The van der Waals surface area contributed by atoms with E-state index in [1.54, 1.807) is 23.1 Å². The van der Waals surface area contributed by atoms with Crippen LogP contribution in [0.1, 0.15) is 16.8 Å². The number of carbonyl (C=O) groups is 3. The molecular formula is C21H22FN3O4. The topological polar surface area (TPSA) is 87.7 Å². The molecule has 2 N–H and O–H groups in total. The van der Waals surface area contributed by atoms with Crippen molar-refractivity contribution in [3.05, 3.63) is 59.9 Å². The van der Waals surface area contributed by atoms with E-state index in [2.05, 4.69) is 10.6 Å². The third kappa shape index (κ3) is 4.90. The first-order valence-corrected chi connectivity index (χ1v) is 9.24. The van der Waals surface area contributed by atoms with Gasteiger partial charge in [-0.2, -0.15) is 0 Å². The van der Waals surface area contributed by atoms with Crippen molar-refractivity contribution in [3.63, 3.8) is 0 Å². The second-order valence-electron chi connectivity index (χ2n) is 6.63. The molecule has 2 aromatic rings. The van der Waals surface area contributed by atoms with E-state index < -0.39 is 17.6 Å². The fourth-order valence-corrected chi connectivity index (χ4v) is 3.21. The summed E-state index contributed by atoms with van der Waals surface area (Å²) in [6, 6.07) is 12.5. The first-order valence-electron chi connectivity index (χ1n) is 9.24. The van der Waals surface area contributed by atoms with Crippen LogP contribution in [0, 0.1) is 11.7 Å². The van der Waals surface area contributed by atoms with E-state index in [0.717, 1.165) is 6.07 Å². The number of methoxy groups -OCH3 is 1. The third-order valence-corrected chi connectivity index (χ3v) is 4.67. The quantitative estimate of drug-likeness (QED) is 0.695. The van der Waals surface area contributed by atoms with Crippen LogP contribution in [0.4, 0.5) is 10.1 Å². The first kappa shape index (κ1) is 20.3. The number of ether oxygens (including phenoxy) is 1. The number of hydrogen-bond acceptors (Lipinski definition) is 4. The van der Waals surface area contributed by atoms with Crippen LogP contribution >= 0.6 is 0 Å². The monoisotopic (exact) mass is 399 g/mol. The fourth-order valence-electron chi connectivity index (χ4n) is 3.21. The molecule has 7 nitrogen and oxygen atoms in total. The number of benzene rings is 2. The normalized spacial score (nSPS) is 15.9. The number of anilines is 1. The van der Waals surface area contributed by atoms with Crippen molar-refractivity contribution in [2.24, 2.45) is 5.92 Å². The van der Waals surface area contributed by atoms with Gasteiger partial charge in [0, 0.05) is 31.6 Å². The van der Waals surface area contributed by atoms with Gasteiger partial charge in [-0.3, -0.25) is 14.4 Å². The average Bonchev–Trinajstić information content (AvgIpc) is 3.12. The molecule has 1 atom stereocenters. The van der Waals surface area contributed by atoms with Gasteiger partial charge in [0.05, 0.1) is 18.7 Å². The maximum absolute atomic E-state index is 13.2. The van der Waals surface area contributed by atoms with Gasteiger partial charge in [0.2, 0.25) is 11.8 Å². The predicted octanol–water partition coefficient (Wildman–Crippen LogP) is 1.73. The maximum atomic E-state index is 13.2. The highest BCUT2D eigenvalue weighted by molar-refractivity contribution is 6.01. The number of rotatable bonds is 7. The second kappa shape index (κ2) is 9.18. The van der Waals surface area contributed by atoms with Crippen LogP contribution in [-0.2, 0) is 9.59 Å². The van der Waals surface area contributed by atoms with Crippen LogP contribution in [0.25, 0.3) is 0 Å². The zero-order valence-electron chi connectivity index (χ0n) is 16.0. The minimum atomic E-state index is -0.489. The minimum Gasteiger partial charge on any atom is -0.495 e. The molecule has 152 valence electrons. The Morgan fingerprint density at radius 3 is 2.66 bits per heavy atom. The Balaban J connectivity index is 1.48. The van der Waals surface area contributed by atoms with Gasteiger partial charge in [-0.05, 0) is 30.3 Å². The Kier molecular flexibility index (Phi) is 6.43. The summed E-state index contributed by atoms with van der Waals surface area (Å²) in [6.45, 7) is 0.665. The van der Waals surface area contributed by atoms with Crippen LogP contribution in [0.15, 0.2) is 48.5 Å². The maximum Gasteiger partial charge on any atom is 0.251 e. The summed E-state index contributed by atoms with van der Waals surface area (Å²) in [6.07, 6.45) is 0.111. The van der Waals surface area contributed by atoms with Crippen LogP contribution in [0.5, 0.6) is 5.75 Å². The molecule has 0 aliphatic carbocycles. The summed E-state index contributed by atoms with van der Waals surface area (Å²) in [5.74, 6) is -1.22. The van der Waals surface area contributed by atoms with Crippen molar-refractivity contribution >= 4 is 23.4 Å². The Morgan fingerprint density at radius 2 is 1.90 bits per heavy atom. The highest BCUT2D eigenvalue weighted by Crippen LogP contribution is 2.32. The number of amides is 3. The number of nitrogens with one attached hydrogen (secondary N) is 2. The van der Waals surface area contributed by atoms with E-state index in [0.29, 0.717) is 11.4 Å². The molecule has 3 amide bonds. The molecule has 0 spiro atoms. The van der Waals surface area contributed by atoms with E-state index in [4.69, 9.17) is 4.74 Å². The van der Waals surface area contributed by atoms with Gasteiger partial charge in [0.15, 0.2) is 0 Å². The van der Waals surface area contributed by atoms with E-state index in [1.165, 1.54) is 25.3 Å². The summed E-state index contributed by atoms with van der Waals surface area (Å²) in [5, 5.41) is 5.34. The van der Waals surface area contributed by atoms with Gasteiger partial charge in [-0.25, -0.2) is 4.39 Å². The largest absolute Gasteiger partial charge is 0.495 e. The highest BCUT2D eigenvalue weighted by atomic mass is 19.1. The predicted molar refractivity (Wildman–Crippen MR) is 105 cm³/mol. The molecule has 0 saturated carbocycles. The Hall–Kier alpha value is -3.42. The summed E-state index contributed by atoms with van der Waals surface area (Å²) in [7, 11) is 1.53. The van der Waals surface area contributed by atoms with Gasteiger partial charge in [-0.1, -0.05) is 18.2 Å². The highest BCUT2D eigenvalue weighted by Gasteiger charge is 2.36. The van der Waals surface area contributed by atoms with Gasteiger partial charge in [0.25, 0.3) is 5.91 Å². The van der Waals surface area contributed by atoms with Gasteiger partial charge in [0.1, 0.15) is 11.6 Å². The Morgan fingerprint density at radius 1 is 1.14 bits per heavy atom. The molecule has 1 unspecified atom stereocenters. The molecule has 2 aromatic carbocycles. The van der Waals surface area contributed by atoms with E-state index in [-0.39, 0.29) is 43.4 Å². The molecule has 1 aliphatic rings. The van der Waals surface area contributed by atoms with Crippen molar-refractivity contribution < 1.29 is 23.5 Å². The summed E-state index contributed by atoms with van der Waals surface area (Å²) >= 11 is 0. The Labute approximate surface area is 167 Å². The van der Waals surface area contributed by atoms with Crippen molar-refractivity contribution in [3.8, 4) is 5.75 Å². The second-order valence-corrected chi connectivity index (χ2v) is 6.63. The van der Waals surface area contributed by atoms with Crippen molar-refractivity contribution in [2.75, 3.05) is 31.6 Å². The van der Waals surface area contributed by atoms with Crippen molar-refractivity contribution in [1.29, 1.82) is 0 Å². The minimum absolute atomic E-state index is 0.111. The van der Waals surface area contributed by atoms with Crippen LogP contribution in [-0.4, -0.2) is 44.5 Å². The molecule has 1 saturated heterocycles. The van der Waals surface area contributed by atoms with Crippen LogP contribution in [0.3, 0.4) is 0 Å². The SMILES string of the molecule is COc1ccccc1N1CC(C(=O)NCCNC(=O)c2cccc(F)c2)CC1=O. The van der Waals surface area contributed by atoms with E-state index >= 15 is 0 Å². The molecule has 0 aromatic heterocycles. The van der Waals surface area contributed by atoms with Crippen molar-refractivity contribution in [1.82, 2.24) is 10.6 Å². The van der Waals surface area contributed by atoms with E-state index in [9.17, 15) is 18.8 Å². The lowest BCUT2D eigenvalue weighted by Gasteiger charge is -2.19. The first-order chi connectivity index (χ1) is 14.0. The standard InChI is InChI=1S/C21H22FN3O4/c1-29-18-8-3-2-7-17(18)25-13-15(12-19(25)26)21(28)24-10-9-23-20(27)14-5-4-6-16(22)11-14/h2-8,11,15H,9-10,12-13H2,1H3,(H,23,27)(H,24,28). The van der Waals surface area contributed by atoms with Crippen LogP contribution in [0.2, 0.25) is 0 Å². The molecule has 29 heavy (non-hydrogen) atoms. The molecule has 8 heteroatoms. The van der Waals surface area contributed by atoms with Crippen molar-refractivity contribution in [2.45, 2.75) is 6.42 Å². The number of carbonyl (C=O) groups excluding carboxylic acids is 3. The lowest BCUT2D eigenvalue weighted by atomic mass is 10.1. The lowest BCUT2D eigenvalue weighted by molar-refractivity contribution is -0.126. The molecule has 1 fully saturated rings. The number of halogens is 1. The number of nitrogens with zero attached hydrogens (tertiary/aromatic N) is 1. The van der Waals surface area contributed by atoms with Gasteiger partial charge < -0.3 is 20.3 Å². The van der Waals surface area contributed by atoms with Crippen LogP contribution < -0.4 is 20.3 Å². The summed E-state index contributed by atoms with van der Waals surface area (Å²) < 4.78 is 18.4. The molecule has 1 aliphatic heterocycles. The number of para-hydroxylation sites is 2. The molecular weight excluding hydrogens is 377 g/mol. The number of hydrogen-bond donors (Lipinski definition) is 2. The zero-order chi connectivity index (χ0) is 20.8. The fraction of sp³-hybridized carbons (Fsp3) is 0.286. The average molecular weight is 399 g/mol. The summed E-state index contributed by atoms with van der Waals surface area (Å²) in [4.78, 5) is 38.3. The molecule has 3 rings (SSSR count). The summed E-state index contributed by atoms with van der Waals surface area (Å²) in [5.41, 5.74) is 0.850. The molecule has 0 radical (unpaired) electrons. The molecule has 1 heterocycles. The van der Waals surface area contributed by atoms with Gasteiger partial charge >= 0.3 is 0 Å². The van der Waals surface area contributed by atoms with Gasteiger partial charge in [-0.15, -0.1) is 0 Å². The van der Waals surface area contributed by atoms with E-state index in [1.807, 2.05) is 6.07 Å².